The van der Waals surface area contributed by atoms with Crippen molar-refractivity contribution in [1.82, 2.24) is 25.5 Å². The van der Waals surface area contributed by atoms with Gasteiger partial charge in [0, 0.05) is 61.8 Å². The van der Waals surface area contributed by atoms with Crippen LogP contribution in [-0.4, -0.2) is 63.9 Å². The Kier molecular flexibility index (Phi) is 6.25. The van der Waals surface area contributed by atoms with Crippen LogP contribution in [0, 0.1) is 5.92 Å². The number of amides is 2. The van der Waals surface area contributed by atoms with Gasteiger partial charge in [-0.15, -0.1) is 0 Å². The van der Waals surface area contributed by atoms with Crippen molar-refractivity contribution in [1.29, 1.82) is 0 Å². The van der Waals surface area contributed by atoms with E-state index < -0.39 is 5.54 Å². The Morgan fingerprint density at radius 1 is 1.14 bits per heavy atom. The third kappa shape index (κ3) is 5.03. The molecule has 1 spiro atoms. The van der Waals surface area contributed by atoms with Gasteiger partial charge in [0.25, 0.3) is 5.91 Å². The van der Waals surface area contributed by atoms with Crippen LogP contribution >= 0.6 is 0 Å². The first-order chi connectivity index (χ1) is 16.7. The fourth-order valence-corrected chi connectivity index (χ4v) is 5.74. The lowest BCUT2D eigenvalue weighted by Gasteiger charge is -2.40. The van der Waals surface area contributed by atoms with E-state index in [0.29, 0.717) is 31.6 Å². The van der Waals surface area contributed by atoms with Gasteiger partial charge in [0.05, 0.1) is 11.5 Å². The Hall–Kier alpha value is -3.00. The SMILES string of the molecule is CC(C)(C)NC(=O)[C@@H]1CN(Cc2cnc(N3CCCCC3)nc2)C[C@]12Cc1ccccc1C(=O)N2. The van der Waals surface area contributed by atoms with Crippen molar-refractivity contribution in [3.8, 4) is 0 Å². The molecular formula is C27H36N6O2. The van der Waals surface area contributed by atoms with Crippen LogP contribution in [0.4, 0.5) is 5.95 Å². The maximum atomic E-state index is 13.5. The minimum Gasteiger partial charge on any atom is -0.351 e. The highest BCUT2D eigenvalue weighted by Crippen LogP contribution is 2.36. The van der Waals surface area contributed by atoms with Crippen molar-refractivity contribution < 1.29 is 9.59 Å². The van der Waals surface area contributed by atoms with E-state index >= 15 is 0 Å². The molecule has 2 aromatic rings. The number of nitrogens with zero attached hydrogens (tertiary/aromatic N) is 4. The molecule has 5 rings (SSSR count). The number of carbonyl (C=O) groups excluding carboxylic acids is 2. The number of fused-ring (bicyclic) bond motifs is 1. The lowest BCUT2D eigenvalue weighted by Crippen LogP contribution is -2.62. The van der Waals surface area contributed by atoms with Gasteiger partial charge >= 0.3 is 0 Å². The second-order valence-corrected chi connectivity index (χ2v) is 11.3. The van der Waals surface area contributed by atoms with E-state index in [1.54, 1.807) is 0 Å². The molecule has 1 aromatic carbocycles. The number of benzene rings is 1. The van der Waals surface area contributed by atoms with Crippen molar-refractivity contribution >= 4 is 17.8 Å². The van der Waals surface area contributed by atoms with E-state index in [0.717, 1.165) is 30.2 Å². The van der Waals surface area contributed by atoms with E-state index in [2.05, 4.69) is 30.4 Å². The molecule has 2 fully saturated rings. The molecule has 2 saturated heterocycles. The highest BCUT2D eigenvalue weighted by molar-refractivity contribution is 5.98. The number of rotatable bonds is 4. The molecule has 0 unspecified atom stereocenters. The Morgan fingerprint density at radius 3 is 2.57 bits per heavy atom. The highest BCUT2D eigenvalue weighted by atomic mass is 16.2. The van der Waals surface area contributed by atoms with Crippen LogP contribution in [-0.2, 0) is 17.8 Å². The molecule has 4 heterocycles. The molecule has 3 aliphatic rings. The van der Waals surface area contributed by atoms with Crippen molar-refractivity contribution in [2.24, 2.45) is 5.92 Å². The fourth-order valence-electron chi connectivity index (χ4n) is 5.74. The van der Waals surface area contributed by atoms with E-state index in [9.17, 15) is 9.59 Å². The predicted molar refractivity (Wildman–Crippen MR) is 135 cm³/mol. The summed E-state index contributed by atoms with van der Waals surface area (Å²) in [6.45, 7) is 9.79. The predicted octanol–water partition coefficient (Wildman–Crippen LogP) is 2.54. The summed E-state index contributed by atoms with van der Waals surface area (Å²) in [6, 6.07) is 7.71. The van der Waals surface area contributed by atoms with Crippen molar-refractivity contribution in [2.45, 2.75) is 64.1 Å². The average Bonchev–Trinajstić information content (AvgIpc) is 3.15. The second-order valence-electron chi connectivity index (χ2n) is 11.3. The number of piperidine rings is 1. The van der Waals surface area contributed by atoms with Gasteiger partial charge in [0.2, 0.25) is 11.9 Å². The van der Waals surface area contributed by atoms with Crippen LogP contribution in [0.3, 0.4) is 0 Å². The van der Waals surface area contributed by atoms with Gasteiger partial charge in [0.15, 0.2) is 0 Å². The molecule has 8 heteroatoms. The van der Waals surface area contributed by atoms with Gasteiger partial charge in [-0.2, -0.15) is 0 Å². The third-order valence-corrected chi connectivity index (χ3v) is 7.30. The minimum atomic E-state index is -0.643. The number of aromatic nitrogens is 2. The molecular weight excluding hydrogens is 440 g/mol. The van der Waals surface area contributed by atoms with Gasteiger partial charge < -0.3 is 15.5 Å². The van der Waals surface area contributed by atoms with Gasteiger partial charge in [0.1, 0.15) is 0 Å². The number of hydrogen-bond donors (Lipinski definition) is 2. The van der Waals surface area contributed by atoms with Gasteiger partial charge in [-0.1, -0.05) is 18.2 Å². The summed E-state index contributed by atoms with van der Waals surface area (Å²) in [5.41, 5.74) is 1.73. The Labute approximate surface area is 207 Å². The molecule has 0 radical (unpaired) electrons. The monoisotopic (exact) mass is 476 g/mol. The lowest BCUT2D eigenvalue weighted by atomic mass is 9.76. The lowest BCUT2D eigenvalue weighted by molar-refractivity contribution is -0.127. The summed E-state index contributed by atoms with van der Waals surface area (Å²) in [5.74, 6) is 0.324. The molecule has 8 nitrogen and oxygen atoms in total. The van der Waals surface area contributed by atoms with E-state index in [1.165, 1.54) is 19.3 Å². The number of hydrogen-bond acceptors (Lipinski definition) is 6. The van der Waals surface area contributed by atoms with Gasteiger partial charge in [-0.05, 0) is 58.1 Å². The number of likely N-dealkylation sites (tertiary alicyclic amines) is 1. The molecule has 35 heavy (non-hydrogen) atoms. The summed E-state index contributed by atoms with van der Waals surface area (Å²) in [4.78, 5) is 40.3. The fraction of sp³-hybridized carbons (Fsp3) is 0.556. The molecule has 2 N–H and O–H groups in total. The maximum Gasteiger partial charge on any atom is 0.252 e. The number of nitrogens with one attached hydrogen (secondary N) is 2. The number of anilines is 1. The third-order valence-electron chi connectivity index (χ3n) is 7.30. The quantitative estimate of drug-likeness (QED) is 0.705. The maximum absolute atomic E-state index is 13.5. The Bertz CT molecular complexity index is 1090. The Balaban J connectivity index is 1.36. The van der Waals surface area contributed by atoms with Gasteiger partial charge in [-0.3, -0.25) is 14.5 Å². The summed E-state index contributed by atoms with van der Waals surface area (Å²) in [6.07, 6.45) is 8.10. The topological polar surface area (TPSA) is 90.5 Å². The molecule has 0 aliphatic carbocycles. The van der Waals surface area contributed by atoms with Crippen molar-refractivity contribution in [3.05, 3.63) is 53.3 Å². The van der Waals surface area contributed by atoms with E-state index in [1.807, 2.05) is 57.4 Å². The molecule has 1 aromatic heterocycles. The van der Waals surface area contributed by atoms with Crippen LogP contribution in [0.1, 0.15) is 61.5 Å². The zero-order valence-electron chi connectivity index (χ0n) is 21.0. The van der Waals surface area contributed by atoms with Crippen LogP contribution in [0.2, 0.25) is 0 Å². The molecule has 0 bridgehead atoms. The summed E-state index contributed by atoms with van der Waals surface area (Å²) in [5, 5.41) is 6.41. The van der Waals surface area contributed by atoms with Crippen LogP contribution in [0.25, 0.3) is 0 Å². The average molecular weight is 477 g/mol. The molecule has 0 saturated carbocycles. The second kappa shape index (κ2) is 9.22. The normalized spacial score (nSPS) is 24.8. The zero-order valence-corrected chi connectivity index (χ0v) is 21.0. The summed E-state index contributed by atoms with van der Waals surface area (Å²) < 4.78 is 0. The van der Waals surface area contributed by atoms with Crippen LogP contribution in [0.15, 0.2) is 36.7 Å². The summed E-state index contributed by atoms with van der Waals surface area (Å²) >= 11 is 0. The van der Waals surface area contributed by atoms with Crippen LogP contribution in [0.5, 0.6) is 0 Å². The first-order valence-electron chi connectivity index (χ1n) is 12.7. The van der Waals surface area contributed by atoms with Crippen LogP contribution < -0.4 is 15.5 Å². The van der Waals surface area contributed by atoms with E-state index in [-0.39, 0.29) is 23.3 Å². The highest BCUT2D eigenvalue weighted by Gasteiger charge is 2.53. The molecule has 2 amide bonds. The van der Waals surface area contributed by atoms with Crippen molar-refractivity contribution in [3.63, 3.8) is 0 Å². The zero-order chi connectivity index (χ0) is 24.6. The molecule has 186 valence electrons. The molecule has 3 aliphatic heterocycles. The van der Waals surface area contributed by atoms with E-state index in [4.69, 9.17) is 0 Å². The standard InChI is InChI=1S/C27H36N6O2/c1-26(2,3)30-24(35)22-17-32(16-19-14-28-25(29-15-19)33-11-7-4-8-12-33)18-27(22)13-20-9-5-6-10-21(20)23(34)31-27/h5-6,9-10,14-15,22H,4,7-8,11-13,16-18H2,1-3H3,(H,30,35)(H,31,34)/t22-,27+/m0/s1. The minimum absolute atomic E-state index is 0.0172. The summed E-state index contributed by atoms with van der Waals surface area (Å²) in [7, 11) is 0. The number of carbonyl (C=O) groups is 2. The van der Waals surface area contributed by atoms with Gasteiger partial charge in [-0.25, -0.2) is 9.97 Å². The smallest absolute Gasteiger partial charge is 0.252 e. The first-order valence-corrected chi connectivity index (χ1v) is 12.7. The largest absolute Gasteiger partial charge is 0.351 e. The first kappa shape index (κ1) is 23.7. The van der Waals surface area contributed by atoms with Crippen molar-refractivity contribution in [2.75, 3.05) is 31.1 Å². The Morgan fingerprint density at radius 2 is 1.86 bits per heavy atom. The molecule has 2 atom stereocenters.